The van der Waals surface area contributed by atoms with Crippen LogP contribution in [-0.4, -0.2) is 35.9 Å². The lowest BCUT2D eigenvalue weighted by molar-refractivity contribution is 0.481. The molecule has 1 aliphatic rings. The summed E-state index contributed by atoms with van der Waals surface area (Å²) in [5, 5.41) is 12.2. The van der Waals surface area contributed by atoms with Crippen molar-refractivity contribution in [2.75, 3.05) is 24.5 Å². The summed E-state index contributed by atoms with van der Waals surface area (Å²) in [6, 6.07) is 12.9. The van der Waals surface area contributed by atoms with E-state index in [9.17, 15) is 0 Å². The van der Waals surface area contributed by atoms with Crippen molar-refractivity contribution in [3.05, 3.63) is 42.0 Å². The van der Waals surface area contributed by atoms with E-state index in [0.29, 0.717) is 6.04 Å². The van der Waals surface area contributed by atoms with Crippen LogP contribution in [-0.2, 0) is 0 Å². The Hall–Kier alpha value is -1.94. The van der Waals surface area contributed by atoms with E-state index >= 15 is 0 Å². The number of aryl methyl sites for hydroxylation is 1. The normalized spacial score (nSPS) is 19.1. The second-order valence-electron chi connectivity index (χ2n) is 5.39. The van der Waals surface area contributed by atoms with Crippen LogP contribution < -0.4 is 10.2 Å². The number of rotatable bonds is 2. The summed E-state index contributed by atoms with van der Waals surface area (Å²) in [5.41, 5.74) is 3.32. The van der Waals surface area contributed by atoms with E-state index in [4.69, 9.17) is 0 Å². The van der Waals surface area contributed by atoms with Crippen molar-refractivity contribution < 1.29 is 0 Å². The summed E-state index contributed by atoms with van der Waals surface area (Å²) in [6.07, 6.45) is 0. The molecule has 1 aromatic heterocycles. The van der Waals surface area contributed by atoms with Crippen LogP contribution >= 0.6 is 0 Å². The Kier molecular flexibility index (Phi) is 3.65. The molecule has 1 unspecified atom stereocenters. The van der Waals surface area contributed by atoms with E-state index in [1.807, 2.05) is 12.1 Å². The largest absolute Gasteiger partial charge is 0.352 e. The molecule has 0 radical (unpaired) electrons. The lowest BCUT2D eigenvalue weighted by Gasteiger charge is -2.32. The highest BCUT2D eigenvalue weighted by Gasteiger charge is 2.17. The van der Waals surface area contributed by atoms with Crippen molar-refractivity contribution in [2.24, 2.45) is 0 Å². The summed E-state index contributed by atoms with van der Waals surface area (Å²) >= 11 is 0. The minimum atomic E-state index is 0.501. The zero-order chi connectivity index (χ0) is 13.9. The second kappa shape index (κ2) is 5.59. The summed E-state index contributed by atoms with van der Waals surface area (Å²) in [7, 11) is 0. The number of anilines is 1. The molecule has 3 rings (SSSR count). The van der Waals surface area contributed by atoms with Gasteiger partial charge in [0.2, 0.25) is 0 Å². The van der Waals surface area contributed by atoms with Crippen LogP contribution in [0, 0.1) is 6.92 Å². The fourth-order valence-electron chi connectivity index (χ4n) is 2.64. The van der Waals surface area contributed by atoms with Gasteiger partial charge in [-0.3, -0.25) is 0 Å². The lowest BCUT2D eigenvalue weighted by atomic mass is 10.1. The number of hydrogen-bond donors (Lipinski definition) is 1. The number of benzene rings is 1. The van der Waals surface area contributed by atoms with E-state index in [1.165, 1.54) is 5.56 Å². The SMILES string of the molecule is Cc1ccccc1-c1ccc(N2CCNC(C)C2)nn1. The van der Waals surface area contributed by atoms with Crippen molar-refractivity contribution in [3.63, 3.8) is 0 Å². The van der Waals surface area contributed by atoms with Crippen LogP contribution in [0.1, 0.15) is 12.5 Å². The van der Waals surface area contributed by atoms with Gasteiger partial charge in [0.05, 0.1) is 5.69 Å². The Labute approximate surface area is 119 Å². The highest BCUT2D eigenvalue weighted by atomic mass is 15.3. The molecule has 1 N–H and O–H groups in total. The van der Waals surface area contributed by atoms with Crippen molar-refractivity contribution in [1.29, 1.82) is 0 Å². The first-order chi connectivity index (χ1) is 9.74. The average molecular weight is 268 g/mol. The van der Waals surface area contributed by atoms with Gasteiger partial charge < -0.3 is 10.2 Å². The smallest absolute Gasteiger partial charge is 0.151 e. The first-order valence-electron chi connectivity index (χ1n) is 7.12. The standard InChI is InChI=1S/C16H20N4/c1-12-5-3-4-6-14(12)15-7-8-16(19-18-15)20-10-9-17-13(2)11-20/h3-8,13,17H,9-11H2,1-2H3. The molecule has 20 heavy (non-hydrogen) atoms. The minimum absolute atomic E-state index is 0.501. The molecule has 0 saturated carbocycles. The fourth-order valence-corrected chi connectivity index (χ4v) is 2.64. The highest BCUT2D eigenvalue weighted by Crippen LogP contribution is 2.22. The van der Waals surface area contributed by atoms with Gasteiger partial charge in [0.1, 0.15) is 0 Å². The summed E-state index contributed by atoms with van der Waals surface area (Å²) < 4.78 is 0. The zero-order valence-electron chi connectivity index (χ0n) is 12.0. The molecule has 1 aromatic carbocycles. The van der Waals surface area contributed by atoms with Gasteiger partial charge in [-0.15, -0.1) is 10.2 Å². The molecular formula is C16H20N4. The molecular weight excluding hydrogens is 248 g/mol. The minimum Gasteiger partial charge on any atom is -0.352 e. The van der Waals surface area contributed by atoms with Gasteiger partial charge in [-0.1, -0.05) is 24.3 Å². The topological polar surface area (TPSA) is 41.0 Å². The molecule has 0 amide bonds. The molecule has 2 aromatic rings. The van der Waals surface area contributed by atoms with Crippen molar-refractivity contribution in [1.82, 2.24) is 15.5 Å². The third-order valence-electron chi connectivity index (χ3n) is 3.76. The molecule has 0 spiro atoms. The van der Waals surface area contributed by atoms with Crippen molar-refractivity contribution in [2.45, 2.75) is 19.9 Å². The third kappa shape index (κ3) is 2.65. The van der Waals surface area contributed by atoms with Crippen LogP contribution in [0.25, 0.3) is 11.3 Å². The van der Waals surface area contributed by atoms with Crippen LogP contribution in [0.5, 0.6) is 0 Å². The van der Waals surface area contributed by atoms with Crippen LogP contribution in [0.2, 0.25) is 0 Å². The van der Waals surface area contributed by atoms with Crippen LogP contribution in [0.4, 0.5) is 5.82 Å². The molecule has 0 bridgehead atoms. The van der Waals surface area contributed by atoms with Crippen LogP contribution in [0.3, 0.4) is 0 Å². The average Bonchev–Trinajstić information content (AvgIpc) is 2.48. The first kappa shape index (κ1) is 13.1. The Morgan fingerprint density at radius 3 is 2.70 bits per heavy atom. The zero-order valence-corrected chi connectivity index (χ0v) is 12.0. The maximum atomic E-state index is 4.40. The summed E-state index contributed by atoms with van der Waals surface area (Å²) in [4.78, 5) is 2.29. The van der Waals surface area contributed by atoms with Gasteiger partial charge in [-0.05, 0) is 31.5 Å². The van der Waals surface area contributed by atoms with Gasteiger partial charge in [0.15, 0.2) is 5.82 Å². The van der Waals surface area contributed by atoms with Gasteiger partial charge in [-0.25, -0.2) is 0 Å². The Morgan fingerprint density at radius 1 is 1.15 bits per heavy atom. The number of piperazine rings is 1. The predicted octanol–water partition coefficient (Wildman–Crippen LogP) is 2.25. The highest BCUT2D eigenvalue weighted by molar-refractivity contribution is 5.63. The molecule has 1 saturated heterocycles. The Balaban J connectivity index is 1.83. The first-order valence-corrected chi connectivity index (χ1v) is 7.12. The van der Waals surface area contributed by atoms with E-state index in [-0.39, 0.29) is 0 Å². The van der Waals surface area contributed by atoms with Gasteiger partial charge in [-0.2, -0.15) is 0 Å². The molecule has 104 valence electrons. The molecule has 1 atom stereocenters. The summed E-state index contributed by atoms with van der Waals surface area (Å²) in [5.74, 6) is 0.968. The quantitative estimate of drug-likeness (QED) is 0.907. The second-order valence-corrected chi connectivity index (χ2v) is 5.39. The van der Waals surface area contributed by atoms with E-state index in [0.717, 1.165) is 36.7 Å². The maximum absolute atomic E-state index is 4.40. The van der Waals surface area contributed by atoms with Gasteiger partial charge >= 0.3 is 0 Å². The molecule has 2 heterocycles. The molecule has 4 heteroatoms. The third-order valence-corrected chi connectivity index (χ3v) is 3.76. The lowest BCUT2D eigenvalue weighted by Crippen LogP contribution is -2.49. The van der Waals surface area contributed by atoms with Gasteiger partial charge in [0.25, 0.3) is 0 Å². The molecule has 0 aliphatic carbocycles. The van der Waals surface area contributed by atoms with E-state index < -0.39 is 0 Å². The number of nitrogens with one attached hydrogen (secondary N) is 1. The monoisotopic (exact) mass is 268 g/mol. The fraction of sp³-hybridized carbons (Fsp3) is 0.375. The van der Waals surface area contributed by atoms with Crippen LogP contribution in [0.15, 0.2) is 36.4 Å². The molecule has 1 fully saturated rings. The summed E-state index contributed by atoms with van der Waals surface area (Å²) in [6.45, 7) is 7.27. The van der Waals surface area contributed by atoms with Crippen molar-refractivity contribution >= 4 is 5.82 Å². The van der Waals surface area contributed by atoms with E-state index in [1.54, 1.807) is 0 Å². The Bertz CT molecular complexity index is 579. The van der Waals surface area contributed by atoms with E-state index in [2.05, 4.69) is 58.5 Å². The predicted molar refractivity (Wildman–Crippen MR) is 81.9 cm³/mol. The maximum Gasteiger partial charge on any atom is 0.151 e. The molecule has 4 nitrogen and oxygen atoms in total. The van der Waals surface area contributed by atoms with Crippen molar-refractivity contribution in [3.8, 4) is 11.3 Å². The molecule has 1 aliphatic heterocycles. The Morgan fingerprint density at radius 2 is 2.00 bits per heavy atom. The van der Waals surface area contributed by atoms with Gasteiger partial charge in [0, 0.05) is 31.2 Å². The number of aromatic nitrogens is 2. The number of hydrogen-bond acceptors (Lipinski definition) is 4. The number of nitrogens with zero attached hydrogens (tertiary/aromatic N) is 3.